The molecule has 0 aromatic carbocycles. The van der Waals surface area contributed by atoms with Gasteiger partial charge in [0.25, 0.3) is 0 Å². The van der Waals surface area contributed by atoms with Crippen molar-refractivity contribution < 1.29 is 38.3 Å². The van der Waals surface area contributed by atoms with Crippen LogP contribution < -0.4 is 0 Å². The fourth-order valence-corrected chi connectivity index (χ4v) is 2.73. The number of hydrogen-bond donors (Lipinski definition) is 1. The van der Waals surface area contributed by atoms with Gasteiger partial charge in [-0.3, -0.25) is 0 Å². The molecule has 8 heteroatoms. The van der Waals surface area contributed by atoms with Crippen LogP contribution in [-0.4, -0.2) is 94.8 Å². The summed E-state index contributed by atoms with van der Waals surface area (Å²) in [6.07, 6.45) is -0.197. The lowest BCUT2D eigenvalue weighted by Crippen LogP contribution is -2.32. The summed E-state index contributed by atoms with van der Waals surface area (Å²) >= 11 is 0. The minimum Gasteiger partial charge on any atom is -0.388 e. The predicted octanol–water partition coefficient (Wildman–Crippen LogP) is -1.06. The zero-order valence-electron chi connectivity index (χ0n) is 13.1. The zero-order chi connectivity index (χ0) is 15.7. The predicted molar refractivity (Wildman–Crippen MR) is 75.0 cm³/mol. The molecule has 8 nitrogen and oxygen atoms in total. The number of hydrogen-bond acceptors (Lipinski definition) is 8. The molecule has 6 unspecified atom stereocenters. The second kappa shape index (κ2) is 6.89. The van der Waals surface area contributed by atoms with Crippen molar-refractivity contribution in [2.75, 3.05) is 59.5 Å². The van der Waals surface area contributed by atoms with Crippen LogP contribution in [0.5, 0.6) is 0 Å². The van der Waals surface area contributed by atoms with Crippen LogP contribution in [0.3, 0.4) is 0 Å². The van der Waals surface area contributed by atoms with Crippen molar-refractivity contribution in [1.29, 1.82) is 0 Å². The molecule has 4 heterocycles. The lowest BCUT2D eigenvalue weighted by atomic mass is 10.1. The third-order valence-electron chi connectivity index (χ3n) is 4.38. The molecule has 1 N–H and O–H groups in total. The van der Waals surface area contributed by atoms with E-state index < -0.39 is 11.9 Å². The highest BCUT2D eigenvalue weighted by molar-refractivity contribution is 4.91. The van der Waals surface area contributed by atoms with E-state index >= 15 is 0 Å². The van der Waals surface area contributed by atoms with Crippen molar-refractivity contribution in [2.45, 2.75) is 30.2 Å². The van der Waals surface area contributed by atoms with E-state index in [2.05, 4.69) is 0 Å². The van der Waals surface area contributed by atoms with Crippen molar-refractivity contribution in [1.82, 2.24) is 0 Å². The Morgan fingerprint density at radius 1 is 1.04 bits per heavy atom. The molecular formula is C15H24O8. The van der Waals surface area contributed by atoms with Crippen molar-refractivity contribution in [2.24, 2.45) is 5.92 Å². The van der Waals surface area contributed by atoms with Crippen LogP contribution in [0.25, 0.3) is 0 Å². The highest BCUT2D eigenvalue weighted by Crippen LogP contribution is 2.33. The highest BCUT2D eigenvalue weighted by Gasteiger charge is 2.49. The molecule has 0 aromatic rings. The molecule has 0 bridgehead atoms. The number of aliphatic hydroxyl groups excluding tert-OH is 1. The summed E-state index contributed by atoms with van der Waals surface area (Å²) < 4.78 is 38.6. The summed E-state index contributed by atoms with van der Waals surface area (Å²) in [7, 11) is 0. The van der Waals surface area contributed by atoms with E-state index in [1.54, 1.807) is 0 Å². The van der Waals surface area contributed by atoms with Crippen LogP contribution in [0.15, 0.2) is 0 Å². The molecule has 4 aliphatic rings. The van der Waals surface area contributed by atoms with Gasteiger partial charge < -0.3 is 38.3 Å². The average Bonchev–Trinajstić information content (AvgIpc) is 3.40. The fraction of sp³-hybridized carbons (Fsp3) is 1.00. The fourth-order valence-electron chi connectivity index (χ4n) is 2.73. The molecule has 0 spiro atoms. The van der Waals surface area contributed by atoms with E-state index in [0.29, 0.717) is 39.6 Å². The van der Waals surface area contributed by atoms with Crippen molar-refractivity contribution in [3.05, 3.63) is 0 Å². The Bertz CT molecular complexity index is 397. The van der Waals surface area contributed by atoms with E-state index in [1.807, 2.05) is 0 Å². The maximum Gasteiger partial charge on any atom is 0.216 e. The molecular weight excluding hydrogens is 308 g/mol. The smallest absolute Gasteiger partial charge is 0.216 e. The van der Waals surface area contributed by atoms with Gasteiger partial charge in [-0.15, -0.1) is 0 Å². The summed E-state index contributed by atoms with van der Waals surface area (Å²) in [5.74, 6) is -0.470. The van der Waals surface area contributed by atoms with E-state index in [4.69, 9.17) is 33.2 Å². The monoisotopic (exact) mass is 332 g/mol. The van der Waals surface area contributed by atoms with Gasteiger partial charge in [-0.2, -0.15) is 0 Å². The van der Waals surface area contributed by atoms with Gasteiger partial charge in [-0.05, 0) is 0 Å². The molecule has 132 valence electrons. The lowest BCUT2D eigenvalue weighted by molar-refractivity contribution is -0.106. The third-order valence-corrected chi connectivity index (χ3v) is 4.38. The molecule has 0 amide bonds. The van der Waals surface area contributed by atoms with Gasteiger partial charge in [0.05, 0.1) is 52.4 Å². The first-order chi connectivity index (χ1) is 11.2. The number of ether oxygens (including phenoxy) is 7. The number of fused-ring (bicyclic) bond motifs is 1. The van der Waals surface area contributed by atoms with Gasteiger partial charge in [0, 0.05) is 5.92 Å². The largest absolute Gasteiger partial charge is 0.388 e. The van der Waals surface area contributed by atoms with E-state index in [9.17, 15) is 5.11 Å². The van der Waals surface area contributed by atoms with E-state index in [0.717, 1.165) is 6.61 Å². The molecule has 4 rings (SSSR count). The van der Waals surface area contributed by atoms with Gasteiger partial charge in [0.1, 0.15) is 31.5 Å². The summed E-state index contributed by atoms with van der Waals surface area (Å²) in [5, 5.41) is 9.65. The molecule has 4 fully saturated rings. The van der Waals surface area contributed by atoms with Crippen molar-refractivity contribution in [3.63, 3.8) is 0 Å². The van der Waals surface area contributed by atoms with Gasteiger partial charge in [0.2, 0.25) is 5.79 Å². The second-order valence-corrected chi connectivity index (χ2v) is 6.61. The van der Waals surface area contributed by atoms with Crippen LogP contribution in [0, 0.1) is 5.92 Å². The molecule has 0 saturated carbocycles. The quantitative estimate of drug-likeness (QED) is 0.589. The molecule has 4 aliphatic heterocycles. The van der Waals surface area contributed by atoms with Gasteiger partial charge >= 0.3 is 0 Å². The molecule has 4 saturated heterocycles. The minimum absolute atomic E-state index is 0.0758. The van der Waals surface area contributed by atoms with Gasteiger partial charge in [0.15, 0.2) is 0 Å². The first kappa shape index (κ1) is 16.2. The Balaban J connectivity index is 1.19. The highest BCUT2D eigenvalue weighted by atomic mass is 16.8. The Morgan fingerprint density at radius 3 is 2.57 bits per heavy atom. The average molecular weight is 332 g/mol. The SMILES string of the molecule is OC1COCC(COCC2(OCC3CO3)CO2)C2OC2COC1. The molecule has 0 aromatic heterocycles. The minimum atomic E-state index is -0.591. The molecule has 0 aliphatic carbocycles. The Morgan fingerprint density at radius 2 is 1.83 bits per heavy atom. The number of rotatable bonds is 7. The summed E-state index contributed by atoms with van der Waals surface area (Å²) in [5.41, 5.74) is 0. The topological polar surface area (TPSA) is 94.7 Å². The Hall–Kier alpha value is -0.320. The molecule has 23 heavy (non-hydrogen) atoms. The standard InChI is InChI=1S/C15H24O8/c16-11-3-17-1-10(14-13(23-14)7-18-4-11)2-19-8-15(9-22-15)21-6-12-5-20-12/h10-14,16H,1-9H2. The maximum absolute atomic E-state index is 9.65. The second-order valence-electron chi connectivity index (χ2n) is 6.61. The number of aliphatic hydroxyl groups is 1. The van der Waals surface area contributed by atoms with Crippen molar-refractivity contribution in [3.8, 4) is 0 Å². The maximum atomic E-state index is 9.65. The first-order valence-corrected chi connectivity index (χ1v) is 8.20. The summed E-state index contributed by atoms with van der Waals surface area (Å²) in [4.78, 5) is 0. The lowest BCUT2D eigenvalue weighted by Gasteiger charge is -2.20. The number of epoxide rings is 3. The normalized spacial score (nSPS) is 46.0. The summed E-state index contributed by atoms with van der Waals surface area (Å²) in [6, 6.07) is 0. The Labute approximate surface area is 134 Å². The van der Waals surface area contributed by atoms with Gasteiger partial charge in [-0.25, -0.2) is 0 Å². The van der Waals surface area contributed by atoms with Crippen LogP contribution in [0.1, 0.15) is 0 Å². The van der Waals surface area contributed by atoms with Crippen LogP contribution in [0.4, 0.5) is 0 Å². The Kier molecular flexibility index (Phi) is 4.84. The van der Waals surface area contributed by atoms with Crippen LogP contribution >= 0.6 is 0 Å². The zero-order valence-corrected chi connectivity index (χ0v) is 13.1. The van der Waals surface area contributed by atoms with Crippen LogP contribution in [0.2, 0.25) is 0 Å². The van der Waals surface area contributed by atoms with E-state index in [-0.39, 0.29) is 37.4 Å². The third kappa shape index (κ3) is 4.61. The van der Waals surface area contributed by atoms with Crippen molar-refractivity contribution >= 4 is 0 Å². The molecule has 0 radical (unpaired) electrons. The van der Waals surface area contributed by atoms with Crippen LogP contribution in [-0.2, 0) is 33.2 Å². The molecule has 6 atom stereocenters. The van der Waals surface area contributed by atoms with E-state index in [1.165, 1.54) is 0 Å². The first-order valence-electron chi connectivity index (χ1n) is 8.20. The summed E-state index contributed by atoms with van der Waals surface area (Å²) in [6.45, 7) is 4.35. The van der Waals surface area contributed by atoms with Gasteiger partial charge in [-0.1, -0.05) is 0 Å².